The van der Waals surface area contributed by atoms with E-state index in [1.54, 1.807) is 0 Å². The Morgan fingerprint density at radius 1 is 1.00 bits per heavy atom. The fourth-order valence-electron chi connectivity index (χ4n) is 3.07. The van der Waals surface area contributed by atoms with Crippen LogP contribution in [0.5, 0.6) is 0 Å². The molecule has 0 saturated carbocycles. The van der Waals surface area contributed by atoms with Crippen LogP contribution in [0.1, 0.15) is 5.56 Å². The number of hydrogen-bond donors (Lipinski definition) is 1. The summed E-state index contributed by atoms with van der Waals surface area (Å²) in [7, 11) is 0. The van der Waals surface area contributed by atoms with Crippen LogP contribution in [0.3, 0.4) is 0 Å². The van der Waals surface area contributed by atoms with Crippen molar-refractivity contribution in [1.82, 2.24) is 10.2 Å². The Morgan fingerprint density at radius 3 is 2.22 bits per heavy atom. The van der Waals surface area contributed by atoms with Gasteiger partial charge in [0.2, 0.25) is 0 Å². The van der Waals surface area contributed by atoms with Crippen LogP contribution in [-0.4, -0.2) is 37.6 Å². The molecule has 18 heavy (non-hydrogen) atoms. The van der Waals surface area contributed by atoms with E-state index in [2.05, 4.69) is 40.5 Å². The topological polar surface area (TPSA) is 15.3 Å². The fourth-order valence-corrected chi connectivity index (χ4v) is 3.07. The smallest absolute Gasteiger partial charge is 0.00257 e. The average Bonchev–Trinajstić information content (AvgIpc) is 2.88. The lowest BCUT2D eigenvalue weighted by Crippen LogP contribution is -2.27. The lowest BCUT2D eigenvalue weighted by atomic mass is 10.0. The highest BCUT2D eigenvalue weighted by Gasteiger charge is 2.35. The van der Waals surface area contributed by atoms with E-state index in [1.165, 1.54) is 44.7 Å². The maximum absolute atomic E-state index is 3.49. The van der Waals surface area contributed by atoms with Crippen molar-refractivity contribution in [2.75, 3.05) is 32.7 Å². The quantitative estimate of drug-likeness (QED) is 0.918. The summed E-state index contributed by atoms with van der Waals surface area (Å²) < 4.78 is 0. The molecule has 3 rings (SSSR count). The normalized spacial score (nSPS) is 26.2. The van der Waals surface area contributed by atoms with Gasteiger partial charge in [-0.25, -0.2) is 0 Å². The second kappa shape index (κ2) is 7.34. The van der Waals surface area contributed by atoms with Gasteiger partial charge < -0.3 is 10.2 Å². The minimum Gasteiger partial charge on any atom is -0.316 e. The van der Waals surface area contributed by atoms with Crippen LogP contribution in [0.4, 0.5) is 0 Å². The zero-order valence-corrected chi connectivity index (χ0v) is 12.2. The standard InChI is InChI=1S/C14H20N2.2ClH/c1-2-4-12(5-3-1)6-7-16-10-13-8-15-9-14(13)11-16;;/h1-5,13-15H,6-11H2;2*1H/t13-,14+;;. The van der Waals surface area contributed by atoms with Crippen molar-refractivity contribution >= 4 is 24.8 Å². The molecule has 102 valence electrons. The minimum atomic E-state index is 0. The van der Waals surface area contributed by atoms with Gasteiger partial charge in [-0.3, -0.25) is 0 Å². The summed E-state index contributed by atoms with van der Waals surface area (Å²) >= 11 is 0. The lowest BCUT2D eigenvalue weighted by Gasteiger charge is -2.16. The number of fused-ring (bicyclic) bond motifs is 1. The van der Waals surface area contributed by atoms with Gasteiger partial charge in [0.1, 0.15) is 0 Å². The van der Waals surface area contributed by atoms with Crippen molar-refractivity contribution in [3.8, 4) is 0 Å². The number of hydrogen-bond acceptors (Lipinski definition) is 2. The molecule has 1 aromatic carbocycles. The van der Waals surface area contributed by atoms with Crippen LogP contribution in [0, 0.1) is 11.8 Å². The van der Waals surface area contributed by atoms with E-state index < -0.39 is 0 Å². The van der Waals surface area contributed by atoms with Gasteiger partial charge in [-0.15, -0.1) is 24.8 Å². The number of halogens is 2. The molecule has 2 atom stereocenters. The summed E-state index contributed by atoms with van der Waals surface area (Å²) in [4.78, 5) is 2.64. The van der Waals surface area contributed by atoms with Gasteiger partial charge in [-0.2, -0.15) is 0 Å². The number of nitrogens with one attached hydrogen (secondary N) is 1. The highest BCUT2D eigenvalue weighted by atomic mass is 35.5. The number of rotatable bonds is 3. The Kier molecular flexibility index (Phi) is 6.44. The number of likely N-dealkylation sites (tertiary alicyclic amines) is 1. The van der Waals surface area contributed by atoms with Crippen molar-refractivity contribution < 1.29 is 0 Å². The van der Waals surface area contributed by atoms with E-state index in [0.717, 1.165) is 11.8 Å². The first kappa shape index (κ1) is 15.8. The minimum absolute atomic E-state index is 0. The van der Waals surface area contributed by atoms with Gasteiger partial charge in [0.15, 0.2) is 0 Å². The summed E-state index contributed by atoms with van der Waals surface area (Å²) in [6.45, 7) is 6.34. The molecule has 1 N–H and O–H groups in total. The second-order valence-corrected chi connectivity index (χ2v) is 5.17. The summed E-state index contributed by atoms with van der Waals surface area (Å²) in [6, 6.07) is 10.8. The van der Waals surface area contributed by atoms with Crippen molar-refractivity contribution in [1.29, 1.82) is 0 Å². The summed E-state index contributed by atoms with van der Waals surface area (Å²) in [5.74, 6) is 1.85. The van der Waals surface area contributed by atoms with E-state index in [4.69, 9.17) is 0 Å². The van der Waals surface area contributed by atoms with Crippen LogP contribution in [0.15, 0.2) is 30.3 Å². The molecule has 2 fully saturated rings. The largest absolute Gasteiger partial charge is 0.316 e. The first-order valence-corrected chi connectivity index (χ1v) is 6.39. The van der Waals surface area contributed by atoms with Gasteiger partial charge in [-0.1, -0.05) is 30.3 Å². The number of benzene rings is 1. The van der Waals surface area contributed by atoms with E-state index in [-0.39, 0.29) is 24.8 Å². The first-order valence-electron chi connectivity index (χ1n) is 6.39. The molecular weight excluding hydrogens is 267 g/mol. The van der Waals surface area contributed by atoms with Gasteiger partial charge in [0.25, 0.3) is 0 Å². The highest BCUT2D eigenvalue weighted by molar-refractivity contribution is 5.85. The molecule has 4 heteroatoms. The highest BCUT2D eigenvalue weighted by Crippen LogP contribution is 2.26. The Hall–Kier alpha value is -0.280. The van der Waals surface area contributed by atoms with Crippen LogP contribution in [0.2, 0.25) is 0 Å². The van der Waals surface area contributed by atoms with Crippen molar-refractivity contribution in [2.24, 2.45) is 11.8 Å². The third-order valence-corrected chi connectivity index (χ3v) is 4.02. The molecule has 2 aliphatic heterocycles. The summed E-state index contributed by atoms with van der Waals surface area (Å²) in [5, 5.41) is 3.49. The zero-order chi connectivity index (χ0) is 10.8. The van der Waals surface area contributed by atoms with Crippen LogP contribution in [-0.2, 0) is 6.42 Å². The van der Waals surface area contributed by atoms with Crippen LogP contribution < -0.4 is 5.32 Å². The molecule has 0 amide bonds. The molecule has 2 aliphatic rings. The molecule has 0 spiro atoms. The molecule has 0 aromatic heterocycles. The Bertz CT molecular complexity index is 333. The summed E-state index contributed by atoms with van der Waals surface area (Å²) in [6.07, 6.45) is 1.20. The van der Waals surface area contributed by atoms with Crippen molar-refractivity contribution in [2.45, 2.75) is 6.42 Å². The molecule has 1 aromatic rings. The third-order valence-electron chi connectivity index (χ3n) is 4.02. The van der Waals surface area contributed by atoms with Crippen LogP contribution >= 0.6 is 24.8 Å². The maximum Gasteiger partial charge on any atom is 0.00257 e. The maximum atomic E-state index is 3.49. The Balaban J connectivity index is 0.000000810. The van der Waals surface area contributed by atoms with Crippen LogP contribution in [0.25, 0.3) is 0 Å². The molecule has 0 bridgehead atoms. The van der Waals surface area contributed by atoms with E-state index in [1.807, 2.05) is 0 Å². The van der Waals surface area contributed by atoms with E-state index >= 15 is 0 Å². The molecular formula is C14H22Cl2N2. The van der Waals surface area contributed by atoms with Gasteiger partial charge in [0, 0.05) is 19.6 Å². The summed E-state index contributed by atoms with van der Waals surface area (Å²) in [5.41, 5.74) is 1.47. The molecule has 2 heterocycles. The van der Waals surface area contributed by atoms with Gasteiger partial charge in [0.05, 0.1) is 0 Å². The molecule has 0 radical (unpaired) electrons. The molecule has 0 aliphatic carbocycles. The van der Waals surface area contributed by atoms with Crippen molar-refractivity contribution in [3.63, 3.8) is 0 Å². The fraction of sp³-hybridized carbons (Fsp3) is 0.571. The van der Waals surface area contributed by atoms with Gasteiger partial charge in [-0.05, 0) is 36.9 Å². The monoisotopic (exact) mass is 288 g/mol. The van der Waals surface area contributed by atoms with Gasteiger partial charge >= 0.3 is 0 Å². The third kappa shape index (κ3) is 3.61. The molecule has 2 saturated heterocycles. The predicted molar refractivity (Wildman–Crippen MR) is 80.9 cm³/mol. The zero-order valence-electron chi connectivity index (χ0n) is 10.5. The Morgan fingerprint density at radius 2 is 1.61 bits per heavy atom. The number of nitrogens with zero attached hydrogens (tertiary/aromatic N) is 1. The average molecular weight is 289 g/mol. The van der Waals surface area contributed by atoms with E-state index in [9.17, 15) is 0 Å². The van der Waals surface area contributed by atoms with Crippen molar-refractivity contribution in [3.05, 3.63) is 35.9 Å². The lowest BCUT2D eigenvalue weighted by molar-refractivity contribution is 0.317. The SMILES string of the molecule is Cl.Cl.c1ccc(CCN2C[C@H]3CNC[C@H]3C2)cc1. The Labute approximate surface area is 122 Å². The predicted octanol–water partition coefficient (Wildman–Crippen LogP) is 2.22. The molecule has 2 nitrogen and oxygen atoms in total. The first-order chi connectivity index (χ1) is 7.92. The van der Waals surface area contributed by atoms with E-state index in [0.29, 0.717) is 0 Å². The second-order valence-electron chi connectivity index (χ2n) is 5.17. The molecule has 0 unspecified atom stereocenters.